The van der Waals surface area contributed by atoms with Crippen molar-refractivity contribution in [1.29, 1.82) is 0 Å². The Morgan fingerprint density at radius 3 is 2.36 bits per heavy atom. The maximum absolute atomic E-state index is 9.51. The molecule has 0 atom stereocenters. The lowest BCUT2D eigenvalue weighted by molar-refractivity contribution is 0.201. The van der Waals surface area contributed by atoms with Crippen LogP contribution in [-0.2, 0) is 6.61 Å². The molecule has 5 aromatic rings. The van der Waals surface area contributed by atoms with Crippen molar-refractivity contribution in [2.45, 2.75) is 6.61 Å². The van der Waals surface area contributed by atoms with Crippen molar-refractivity contribution in [3.8, 4) is 39.8 Å². The Hall–Kier alpha value is -3.66. The predicted molar refractivity (Wildman–Crippen MR) is 154 cm³/mol. The van der Waals surface area contributed by atoms with Gasteiger partial charge in [-0.15, -0.1) is 0 Å². The van der Waals surface area contributed by atoms with E-state index in [4.69, 9.17) is 54.6 Å². The summed E-state index contributed by atoms with van der Waals surface area (Å²) in [6.07, 6.45) is 1.64. The summed E-state index contributed by atoms with van der Waals surface area (Å²) in [6.45, 7) is -0.0212. The highest BCUT2D eigenvalue weighted by Crippen LogP contribution is 2.39. The zero-order valence-corrected chi connectivity index (χ0v) is 22.6. The summed E-state index contributed by atoms with van der Waals surface area (Å²) in [7, 11) is 0. The maximum atomic E-state index is 9.51. The molecule has 0 unspecified atom stereocenters. The second-order valence-corrected chi connectivity index (χ2v) is 9.65. The van der Waals surface area contributed by atoms with Crippen LogP contribution in [0.15, 0.2) is 72.9 Å². The average Bonchev–Trinajstić information content (AvgIpc) is 3.37. The lowest BCUT2D eigenvalue weighted by Gasteiger charge is -2.09. The number of benzene rings is 3. The summed E-state index contributed by atoms with van der Waals surface area (Å²) >= 11 is 19.4. The molecule has 0 amide bonds. The SMILES string of the molecule is OCCOc1ccc(Nc2nccc(-c3[nH]c(-c4c(Cl)cc(CO)cc4Cl)nc3-c3cccc(Cl)c3)n2)cc1. The number of nitrogens with one attached hydrogen (secondary N) is 2. The molecular formula is C28H22Cl3N5O3. The normalized spacial score (nSPS) is 11.0. The first-order valence-corrected chi connectivity index (χ1v) is 13.0. The number of H-pyrrole nitrogens is 1. The van der Waals surface area contributed by atoms with Crippen LogP contribution in [0.5, 0.6) is 5.75 Å². The molecule has 0 aliphatic heterocycles. The van der Waals surface area contributed by atoms with Crippen LogP contribution in [-0.4, -0.2) is 43.4 Å². The van der Waals surface area contributed by atoms with Crippen molar-refractivity contribution in [3.05, 3.63) is 93.6 Å². The molecular weight excluding hydrogens is 561 g/mol. The van der Waals surface area contributed by atoms with E-state index >= 15 is 0 Å². The highest BCUT2D eigenvalue weighted by molar-refractivity contribution is 6.39. The molecule has 39 heavy (non-hydrogen) atoms. The van der Waals surface area contributed by atoms with Crippen molar-refractivity contribution in [1.82, 2.24) is 19.9 Å². The van der Waals surface area contributed by atoms with E-state index in [1.165, 1.54) is 0 Å². The van der Waals surface area contributed by atoms with Gasteiger partial charge >= 0.3 is 0 Å². The fourth-order valence-corrected chi connectivity index (χ4v) is 4.85. The van der Waals surface area contributed by atoms with Gasteiger partial charge in [-0.05, 0) is 60.2 Å². The van der Waals surface area contributed by atoms with Gasteiger partial charge in [-0.1, -0.05) is 46.9 Å². The van der Waals surface area contributed by atoms with E-state index in [9.17, 15) is 5.11 Å². The van der Waals surface area contributed by atoms with Gasteiger partial charge in [0.25, 0.3) is 0 Å². The number of hydrogen-bond donors (Lipinski definition) is 4. The van der Waals surface area contributed by atoms with E-state index < -0.39 is 0 Å². The van der Waals surface area contributed by atoms with E-state index in [2.05, 4.69) is 15.3 Å². The molecule has 11 heteroatoms. The number of aliphatic hydroxyl groups is 2. The molecule has 0 saturated heterocycles. The Balaban J connectivity index is 1.55. The zero-order chi connectivity index (χ0) is 27.4. The van der Waals surface area contributed by atoms with Gasteiger partial charge in [-0.3, -0.25) is 0 Å². The minimum Gasteiger partial charge on any atom is -0.491 e. The molecule has 8 nitrogen and oxygen atoms in total. The number of halogens is 3. The molecule has 0 aliphatic carbocycles. The number of hydrogen-bond acceptors (Lipinski definition) is 7. The molecule has 0 saturated carbocycles. The Kier molecular flexibility index (Phi) is 8.30. The number of aliphatic hydroxyl groups excluding tert-OH is 2. The van der Waals surface area contributed by atoms with Gasteiger partial charge in [0, 0.05) is 22.5 Å². The quantitative estimate of drug-likeness (QED) is 0.152. The van der Waals surface area contributed by atoms with Crippen LogP contribution in [0.1, 0.15) is 5.56 Å². The number of aromatic nitrogens is 4. The van der Waals surface area contributed by atoms with Crippen LogP contribution in [0.3, 0.4) is 0 Å². The molecule has 0 bridgehead atoms. The van der Waals surface area contributed by atoms with Gasteiger partial charge < -0.3 is 25.3 Å². The van der Waals surface area contributed by atoms with Crippen molar-refractivity contribution in [2.75, 3.05) is 18.5 Å². The van der Waals surface area contributed by atoms with E-state index in [1.807, 2.05) is 30.3 Å². The summed E-state index contributed by atoms with van der Waals surface area (Å²) < 4.78 is 5.41. The molecule has 4 N–H and O–H groups in total. The molecule has 198 valence electrons. The monoisotopic (exact) mass is 581 g/mol. The van der Waals surface area contributed by atoms with E-state index in [0.29, 0.717) is 60.8 Å². The fraction of sp³-hybridized carbons (Fsp3) is 0.107. The smallest absolute Gasteiger partial charge is 0.227 e. The zero-order valence-electron chi connectivity index (χ0n) is 20.3. The van der Waals surface area contributed by atoms with Crippen LogP contribution in [0, 0.1) is 0 Å². The lowest BCUT2D eigenvalue weighted by atomic mass is 10.1. The fourth-order valence-electron chi connectivity index (χ4n) is 3.95. The molecule has 0 radical (unpaired) electrons. The van der Waals surface area contributed by atoms with E-state index in [1.54, 1.807) is 42.6 Å². The molecule has 0 aliphatic rings. The van der Waals surface area contributed by atoms with Crippen molar-refractivity contribution < 1.29 is 14.9 Å². The largest absolute Gasteiger partial charge is 0.491 e. The van der Waals surface area contributed by atoms with Crippen LogP contribution >= 0.6 is 34.8 Å². The highest BCUT2D eigenvalue weighted by Gasteiger charge is 2.21. The number of imidazole rings is 1. The molecule has 5 rings (SSSR count). The third-order valence-corrected chi connectivity index (χ3v) is 6.54. The standard InChI is InChI=1S/C28H22Cl3N5O3/c29-18-3-1-2-17(14-18)25-26(36-27(35-25)24-21(30)12-16(15-38)13-22(24)31)23-8-9-32-28(34-23)33-19-4-6-20(7-5-19)39-11-10-37/h1-9,12-14,37-38H,10-11,15H2,(H,35,36)(H,32,33,34). The van der Waals surface area contributed by atoms with Crippen molar-refractivity contribution >= 4 is 46.4 Å². The Bertz CT molecular complexity index is 1590. The van der Waals surface area contributed by atoms with Crippen LogP contribution < -0.4 is 10.1 Å². The topological polar surface area (TPSA) is 116 Å². The van der Waals surface area contributed by atoms with Gasteiger partial charge in [0.15, 0.2) is 0 Å². The molecule has 2 aromatic heterocycles. The average molecular weight is 583 g/mol. The van der Waals surface area contributed by atoms with Gasteiger partial charge in [0.05, 0.1) is 45.9 Å². The van der Waals surface area contributed by atoms with Crippen LogP contribution in [0.25, 0.3) is 34.0 Å². The summed E-state index contributed by atoms with van der Waals surface area (Å²) in [5.41, 5.74) is 4.40. The first-order valence-electron chi connectivity index (χ1n) is 11.8. The minimum atomic E-state index is -0.188. The summed E-state index contributed by atoms with van der Waals surface area (Å²) in [6, 6.07) is 19.6. The summed E-state index contributed by atoms with van der Waals surface area (Å²) in [4.78, 5) is 17.2. The van der Waals surface area contributed by atoms with Gasteiger partial charge in [0.2, 0.25) is 5.95 Å². The second-order valence-electron chi connectivity index (χ2n) is 8.40. The highest BCUT2D eigenvalue weighted by atomic mass is 35.5. The molecule has 3 aromatic carbocycles. The van der Waals surface area contributed by atoms with Crippen LogP contribution in [0.4, 0.5) is 11.6 Å². The Morgan fingerprint density at radius 1 is 0.897 bits per heavy atom. The van der Waals surface area contributed by atoms with Gasteiger partial charge in [-0.25, -0.2) is 15.0 Å². The number of rotatable bonds is 9. The van der Waals surface area contributed by atoms with Crippen LogP contribution in [0.2, 0.25) is 15.1 Å². The van der Waals surface area contributed by atoms with E-state index in [0.717, 1.165) is 11.3 Å². The molecule has 2 heterocycles. The first-order chi connectivity index (χ1) is 18.9. The number of anilines is 2. The van der Waals surface area contributed by atoms with Crippen molar-refractivity contribution in [3.63, 3.8) is 0 Å². The minimum absolute atomic E-state index is 0.0560. The van der Waals surface area contributed by atoms with Gasteiger partial charge in [-0.2, -0.15) is 0 Å². The summed E-state index contributed by atoms with van der Waals surface area (Å²) in [5.74, 6) is 1.45. The number of aromatic amines is 1. The third-order valence-electron chi connectivity index (χ3n) is 5.71. The predicted octanol–water partition coefficient (Wildman–Crippen LogP) is 6.77. The Labute approximate surface area is 239 Å². The molecule has 0 spiro atoms. The number of nitrogens with zero attached hydrogens (tertiary/aromatic N) is 3. The van der Waals surface area contributed by atoms with Gasteiger partial charge in [0.1, 0.15) is 18.2 Å². The second kappa shape index (κ2) is 12.0. The van der Waals surface area contributed by atoms with E-state index in [-0.39, 0.29) is 19.8 Å². The maximum Gasteiger partial charge on any atom is 0.227 e. The molecule has 0 fully saturated rings. The first kappa shape index (κ1) is 26.9. The van der Waals surface area contributed by atoms with Crippen molar-refractivity contribution in [2.24, 2.45) is 0 Å². The Morgan fingerprint density at radius 2 is 1.67 bits per heavy atom. The summed E-state index contributed by atoms with van der Waals surface area (Å²) in [5, 5.41) is 22.9. The lowest BCUT2D eigenvalue weighted by Crippen LogP contribution is -2.02. The third kappa shape index (κ3) is 6.16. The number of ether oxygens (including phenoxy) is 1.